The van der Waals surface area contributed by atoms with Gasteiger partial charge in [0.2, 0.25) is 0 Å². The standard InChI is InChI=1S/C21H16N8O6/c30-20(26-11-9-18(24-26)28(32)33)22-16-5-1-14(2-6-16)13-15-3-7-17(8-4-15)23-21(31)27-12-10-19(25-27)29(34)35/h1-12H,13H2,(H,22,30)(H,23,31). The normalized spacial score (nSPS) is 10.5. The molecule has 35 heavy (non-hydrogen) atoms. The number of aromatic nitrogens is 4. The maximum Gasteiger partial charge on any atom is 0.390 e. The first-order valence-electron chi connectivity index (χ1n) is 9.99. The number of anilines is 2. The lowest BCUT2D eigenvalue weighted by Gasteiger charge is -2.07. The number of nitro groups is 2. The molecule has 0 bridgehead atoms. The van der Waals surface area contributed by atoms with Crippen molar-refractivity contribution in [2.45, 2.75) is 6.42 Å². The largest absolute Gasteiger partial charge is 0.390 e. The van der Waals surface area contributed by atoms with Crippen molar-refractivity contribution in [1.29, 1.82) is 0 Å². The lowest BCUT2D eigenvalue weighted by Crippen LogP contribution is -2.20. The molecule has 4 aromatic rings. The number of carbonyl (C=O) groups is 2. The van der Waals surface area contributed by atoms with E-state index in [0.717, 1.165) is 32.6 Å². The summed E-state index contributed by atoms with van der Waals surface area (Å²) in [6.45, 7) is 0. The quantitative estimate of drug-likeness (QED) is 0.312. The second kappa shape index (κ2) is 9.62. The first-order chi connectivity index (χ1) is 16.8. The van der Waals surface area contributed by atoms with Gasteiger partial charge in [-0.25, -0.2) is 9.59 Å². The van der Waals surface area contributed by atoms with E-state index in [0.29, 0.717) is 17.8 Å². The molecule has 4 rings (SSSR count). The maximum atomic E-state index is 12.2. The summed E-state index contributed by atoms with van der Waals surface area (Å²) in [6, 6.07) is 15.1. The Hall–Kier alpha value is -5.40. The molecule has 0 aliphatic heterocycles. The van der Waals surface area contributed by atoms with E-state index in [4.69, 9.17) is 0 Å². The van der Waals surface area contributed by atoms with Gasteiger partial charge in [-0.3, -0.25) is 0 Å². The van der Waals surface area contributed by atoms with Gasteiger partial charge < -0.3 is 30.9 Å². The lowest BCUT2D eigenvalue weighted by atomic mass is 10.0. The van der Waals surface area contributed by atoms with E-state index in [-0.39, 0.29) is 0 Å². The van der Waals surface area contributed by atoms with Crippen molar-refractivity contribution in [1.82, 2.24) is 19.6 Å². The molecule has 0 aliphatic carbocycles. The third-order valence-electron chi connectivity index (χ3n) is 4.76. The molecule has 2 N–H and O–H groups in total. The van der Waals surface area contributed by atoms with E-state index in [1.807, 2.05) is 24.3 Å². The molecule has 176 valence electrons. The summed E-state index contributed by atoms with van der Waals surface area (Å²) < 4.78 is 1.69. The Kier molecular flexibility index (Phi) is 6.26. The highest BCUT2D eigenvalue weighted by atomic mass is 16.6. The van der Waals surface area contributed by atoms with Crippen molar-refractivity contribution in [3.8, 4) is 0 Å². The molecule has 2 aromatic heterocycles. The second-order valence-electron chi connectivity index (χ2n) is 7.18. The molecule has 2 aromatic carbocycles. The number of benzene rings is 2. The van der Waals surface area contributed by atoms with Crippen LogP contribution in [0.1, 0.15) is 11.1 Å². The number of carbonyl (C=O) groups excluding carboxylic acids is 2. The van der Waals surface area contributed by atoms with E-state index >= 15 is 0 Å². The van der Waals surface area contributed by atoms with Gasteiger partial charge in [-0.15, -0.1) is 0 Å². The van der Waals surface area contributed by atoms with Gasteiger partial charge in [-0.05, 0) is 51.7 Å². The van der Waals surface area contributed by atoms with Crippen molar-refractivity contribution in [3.63, 3.8) is 0 Å². The lowest BCUT2D eigenvalue weighted by molar-refractivity contribution is -0.389. The molecule has 0 aliphatic rings. The summed E-state index contributed by atoms with van der Waals surface area (Å²) in [5.74, 6) is -0.849. The van der Waals surface area contributed by atoms with Gasteiger partial charge >= 0.3 is 23.7 Å². The molecule has 2 heterocycles. The van der Waals surface area contributed by atoms with Crippen LogP contribution in [0.4, 0.5) is 32.6 Å². The number of nitrogens with one attached hydrogen (secondary N) is 2. The van der Waals surface area contributed by atoms with Gasteiger partial charge in [0.05, 0.1) is 34.7 Å². The molecule has 0 unspecified atom stereocenters. The highest BCUT2D eigenvalue weighted by molar-refractivity contribution is 5.91. The predicted octanol–water partition coefficient (Wildman–Crippen LogP) is 3.65. The van der Waals surface area contributed by atoms with Gasteiger partial charge in [0, 0.05) is 11.4 Å². The summed E-state index contributed by atoms with van der Waals surface area (Å²) in [5.41, 5.74) is 2.90. The van der Waals surface area contributed by atoms with E-state index in [2.05, 4.69) is 20.8 Å². The minimum absolute atomic E-state index is 0.425. The van der Waals surface area contributed by atoms with Crippen LogP contribution in [0, 0.1) is 20.2 Å². The number of hydrogen-bond acceptors (Lipinski definition) is 8. The minimum atomic E-state index is -0.688. The van der Waals surface area contributed by atoms with Crippen LogP contribution in [-0.4, -0.2) is 41.5 Å². The van der Waals surface area contributed by atoms with E-state index in [9.17, 15) is 29.8 Å². The van der Waals surface area contributed by atoms with E-state index < -0.39 is 33.5 Å². The van der Waals surface area contributed by atoms with Crippen LogP contribution in [0.5, 0.6) is 0 Å². The zero-order valence-electron chi connectivity index (χ0n) is 17.8. The highest BCUT2D eigenvalue weighted by Crippen LogP contribution is 2.17. The molecular formula is C21H16N8O6. The summed E-state index contributed by atoms with van der Waals surface area (Å²) in [4.78, 5) is 44.3. The predicted molar refractivity (Wildman–Crippen MR) is 122 cm³/mol. The fourth-order valence-electron chi connectivity index (χ4n) is 3.06. The van der Waals surface area contributed by atoms with Crippen molar-refractivity contribution in [2.24, 2.45) is 0 Å². The number of rotatable bonds is 6. The van der Waals surface area contributed by atoms with Crippen LogP contribution in [0.3, 0.4) is 0 Å². The van der Waals surface area contributed by atoms with Gasteiger partial charge in [-0.2, -0.15) is 0 Å². The zero-order valence-corrected chi connectivity index (χ0v) is 17.8. The Morgan fingerprint density at radius 2 is 1.06 bits per heavy atom. The molecule has 14 heteroatoms. The molecule has 0 saturated heterocycles. The molecule has 2 amide bonds. The smallest absolute Gasteiger partial charge is 0.358 e. The van der Waals surface area contributed by atoms with Gasteiger partial charge in [0.1, 0.15) is 0 Å². The third-order valence-corrected chi connectivity index (χ3v) is 4.76. The Morgan fingerprint density at radius 3 is 1.37 bits per heavy atom. The van der Waals surface area contributed by atoms with Gasteiger partial charge in [0.25, 0.3) is 0 Å². The number of hydrogen-bond donors (Lipinski definition) is 2. The van der Waals surface area contributed by atoms with Crippen LogP contribution < -0.4 is 10.6 Å². The summed E-state index contributed by atoms with van der Waals surface area (Å²) in [5, 5.41) is 33.7. The van der Waals surface area contributed by atoms with Crippen molar-refractivity contribution >= 4 is 35.1 Å². The van der Waals surface area contributed by atoms with Crippen LogP contribution >= 0.6 is 0 Å². The topological polar surface area (TPSA) is 180 Å². The Balaban J connectivity index is 1.32. The fourth-order valence-corrected chi connectivity index (χ4v) is 3.06. The third kappa shape index (κ3) is 5.51. The average Bonchev–Trinajstić information content (AvgIpc) is 3.52. The molecule has 14 nitrogen and oxygen atoms in total. The van der Waals surface area contributed by atoms with E-state index in [1.165, 1.54) is 12.4 Å². The summed E-state index contributed by atoms with van der Waals surface area (Å²) in [6.07, 6.45) is 2.98. The fraction of sp³-hybridized carbons (Fsp3) is 0.0476. The first-order valence-corrected chi connectivity index (χ1v) is 9.99. The Morgan fingerprint density at radius 1 is 0.686 bits per heavy atom. The van der Waals surface area contributed by atoms with Crippen LogP contribution in [-0.2, 0) is 6.42 Å². The monoisotopic (exact) mass is 476 g/mol. The maximum absolute atomic E-state index is 12.2. The van der Waals surface area contributed by atoms with Crippen LogP contribution in [0.25, 0.3) is 0 Å². The van der Waals surface area contributed by atoms with Gasteiger partial charge in [-0.1, -0.05) is 33.6 Å². The summed E-state index contributed by atoms with van der Waals surface area (Å²) in [7, 11) is 0. The van der Waals surface area contributed by atoms with Gasteiger partial charge in [0.15, 0.2) is 0 Å². The Labute approximate surface area is 196 Å². The van der Waals surface area contributed by atoms with Crippen molar-refractivity contribution in [2.75, 3.05) is 10.6 Å². The van der Waals surface area contributed by atoms with Crippen LogP contribution in [0.2, 0.25) is 0 Å². The zero-order chi connectivity index (χ0) is 24.9. The summed E-state index contributed by atoms with van der Waals surface area (Å²) >= 11 is 0. The molecule has 0 atom stereocenters. The number of amides is 2. The SMILES string of the molecule is O=C(Nc1ccc(Cc2ccc(NC(=O)n3ccc([N+](=O)[O-])n3)cc2)cc1)n1ccc([N+](=O)[O-])n1. The van der Waals surface area contributed by atoms with Crippen molar-refractivity contribution < 1.29 is 19.4 Å². The number of nitrogens with zero attached hydrogens (tertiary/aromatic N) is 6. The van der Waals surface area contributed by atoms with E-state index in [1.54, 1.807) is 24.3 Å². The molecule has 0 radical (unpaired) electrons. The average molecular weight is 476 g/mol. The Bertz CT molecular complexity index is 1300. The highest BCUT2D eigenvalue weighted by Gasteiger charge is 2.17. The first kappa shape index (κ1) is 22.8. The molecular weight excluding hydrogens is 460 g/mol. The minimum Gasteiger partial charge on any atom is -0.358 e. The van der Waals surface area contributed by atoms with Crippen LogP contribution in [0.15, 0.2) is 73.1 Å². The molecule has 0 spiro atoms. The second-order valence-corrected chi connectivity index (χ2v) is 7.18. The molecule has 0 fully saturated rings. The van der Waals surface area contributed by atoms with Crippen molar-refractivity contribution in [3.05, 3.63) is 104 Å². The molecule has 0 saturated carbocycles.